The van der Waals surface area contributed by atoms with Crippen molar-refractivity contribution in [3.05, 3.63) is 34.3 Å². The highest BCUT2D eigenvalue weighted by Crippen LogP contribution is 2.34. The van der Waals surface area contributed by atoms with Crippen LogP contribution in [0.4, 0.5) is 0 Å². The van der Waals surface area contributed by atoms with Crippen LogP contribution < -0.4 is 10.6 Å². The topological polar surface area (TPSA) is 50.4 Å². The van der Waals surface area contributed by atoms with Crippen LogP contribution in [0.15, 0.2) is 18.2 Å². The maximum atomic E-state index is 12.7. The number of rotatable bonds is 3. The van der Waals surface area contributed by atoms with Gasteiger partial charge < -0.3 is 15.4 Å². The zero-order valence-corrected chi connectivity index (χ0v) is 14.2. The van der Waals surface area contributed by atoms with E-state index >= 15 is 0 Å². The average Bonchev–Trinajstić information content (AvgIpc) is 2.90. The molecule has 1 saturated heterocycles. The maximum Gasteiger partial charge on any atom is 0.252 e. The second-order valence-corrected chi connectivity index (χ2v) is 6.29. The van der Waals surface area contributed by atoms with E-state index in [0.29, 0.717) is 0 Å². The summed E-state index contributed by atoms with van der Waals surface area (Å²) in [4.78, 5) is 12.7. The maximum absolute atomic E-state index is 12.7. The van der Waals surface area contributed by atoms with Gasteiger partial charge in [0.15, 0.2) is 0 Å². The molecule has 0 spiro atoms. The minimum atomic E-state index is -0.680. The van der Waals surface area contributed by atoms with E-state index in [-0.39, 0.29) is 24.4 Å². The van der Waals surface area contributed by atoms with Crippen molar-refractivity contribution in [2.45, 2.75) is 37.3 Å². The van der Waals surface area contributed by atoms with Gasteiger partial charge in [-0.3, -0.25) is 4.79 Å². The molecule has 1 aromatic rings. The number of hydrogen-bond donors (Lipinski definition) is 2. The molecule has 1 atom stereocenters. The largest absolute Gasteiger partial charge is 0.368 e. The van der Waals surface area contributed by atoms with Gasteiger partial charge in [-0.1, -0.05) is 17.7 Å². The third-order valence-electron chi connectivity index (χ3n) is 4.70. The number of halogens is 2. The molecule has 3 rings (SSSR count). The predicted octanol–water partition coefficient (Wildman–Crippen LogP) is 2.63. The third-order valence-corrected chi connectivity index (χ3v) is 4.94. The molecule has 0 aromatic heterocycles. The smallest absolute Gasteiger partial charge is 0.252 e. The lowest BCUT2D eigenvalue weighted by atomic mass is 9.90. The standard InChI is InChI=1S/C16H21ClN2O2.ClH/c1-21-16(6-8-18-9-7-16)15(20)19-14-5-2-11-10-12(17)3-4-13(11)14;/h3-4,10,14,18H,2,5-9H2,1H3,(H,19,20);1H. The molecular weight excluding hydrogens is 323 g/mol. The first-order valence-corrected chi connectivity index (χ1v) is 7.87. The van der Waals surface area contributed by atoms with Crippen LogP contribution in [-0.4, -0.2) is 31.7 Å². The van der Waals surface area contributed by atoms with E-state index in [4.69, 9.17) is 16.3 Å². The van der Waals surface area contributed by atoms with E-state index in [2.05, 4.69) is 10.6 Å². The Morgan fingerprint density at radius 3 is 2.82 bits per heavy atom. The van der Waals surface area contributed by atoms with Crippen molar-refractivity contribution in [2.75, 3.05) is 20.2 Å². The van der Waals surface area contributed by atoms with E-state index in [0.717, 1.165) is 43.8 Å². The number of ether oxygens (including phenoxy) is 1. The molecule has 0 radical (unpaired) electrons. The third kappa shape index (κ3) is 3.25. The summed E-state index contributed by atoms with van der Waals surface area (Å²) in [6.45, 7) is 1.64. The number of nitrogens with one attached hydrogen (secondary N) is 2. The Balaban J connectivity index is 0.00000176. The molecule has 1 heterocycles. The number of aryl methyl sites for hydroxylation is 1. The fourth-order valence-electron chi connectivity index (χ4n) is 3.38. The van der Waals surface area contributed by atoms with E-state index in [1.165, 1.54) is 11.1 Å². The molecular formula is C16H22Cl2N2O2. The molecule has 4 nitrogen and oxygen atoms in total. The van der Waals surface area contributed by atoms with Crippen molar-refractivity contribution in [3.63, 3.8) is 0 Å². The van der Waals surface area contributed by atoms with Crippen LogP contribution in [0.2, 0.25) is 5.02 Å². The van der Waals surface area contributed by atoms with Gasteiger partial charge in [-0.15, -0.1) is 12.4 Å². The lowest BCUT2D eigenvalue weighted by Gasteiger charge is -2.35. The van der Waals surface area contributed by atoms with Crippen molar-refractivity contribution < 1.29 is 9.53 Å². The summed E-state index contributed by atoms with van der Waals surface area (Å²) in [6, 6.07) is 5.99. The van der Waals surface area contributed by atoms with Gasteiger partial charge >= 0.3 is 0 Å². The molecule has 1 aliphatic carbocycles. The predicted molar refractivity (Wildman–Crippen MR) is 89.7 cm³/mol. The Hall–Kier alpha value is -0.810. The van der Waals surface area contributed by atoms with Crippen molar-refractivity contribution in [2.24, 2.45) is 0 Å². The van der Waals surface area contributed by atoms with Crippen LogP contribution in [0.25, 0.3) is 0 Å². The second kappa shape index (κ2) is 7.18. The summed E-state index contributed by atoms with van der Waals surface area (Å²) in [5.41, 5.74) is 1.75. The van der Waals surface area contributed by atoms with Crippen LogP contribution in [0, 0.1) is 0 Å². The summed E-state index contributed by atoms with van der Waals surface area (Å²) in [7, 11) is 1.63. The molecule has 1 aromatic carbocycles. The van der Waals surface area contributed by atoms with Crippen LogP contribution in [0.5, 0.6) is 0 Å². The number of hydrogen-bond acceptors (Lipinski definition) is 3. The quantitative estimate of drug-likeness (QED) is 0.886. The Morgan fingerprint density at radius 2 is 2.14 bits per heavy atom. The second-order valence-electron chi connectivity index (χ2n) is 5.86. The van der Waals surface area contributed by atoms with Crippen LogP contribution in [0.3, 0.4) is 0 Å². The molecule has 1 aliphatic heterocycles. The Morgan fingerprint density at radius 1 is 1.41 bits per heavy atom. The number of methoxy groups -OCH3 is 1. The molecule has 1 unspecified atom stereocenters. The number of benzene rings is 1. The van der Waals surface area contributed by atoms with Gasteiger partial charge in [0.25, 0.3) is 5.91 Å². The molecule has 1 fully saturated rings. The SMILES string of the molecule is COC1(C(=O)NC2CCc3cc(Cl)ccc32)CCNCC1.Cl. The van der Waals surface area contributed by atoms with Gasteiger partial charge in [0.1, 0.15) is 5.60 Å². The van der Waals surface area contributed by atoms with Crippen molar-refractivity contribution in [3.8, 4) is 0 Å². The molecule has 2 N–H and O–H groups in total. The first-order valence-electron chi connectivity index (χ1n) is 7.50. The Kier molecular flexibility index (Phi) is 5.72. The molecule has 1 amide bonds. The lowest BCUT2D eigenvalue weighted by Crippen LogP contribution is -2.54. The number of fused-ring (bicyclic) bond motifs is 1. The van der Waals surface area contributed by atoms with Crippen molar-refractivity contribution in [1.82, 2.24) is 10.6 Å². The van der Waals surface area contributed by atoms with Crippen LogP contribution in [0.1, 0.15) is 36.4 Å². The average molecular weight is 345 g/mol. The summed E-state index contributed by atoms with van der Waals surface area (Å²) in [5.74, 6) is 0.0132. The number of carbonyl (C=O) groups excluding carboxylic acids is 1. The van der Waals surface area contributed by atoms with Crippen molar-refractivity contribution in [1.29, 1.82) is 0 Å². The zero-order chi connectivity index (χ0) is 14.9. The first-order chi connectivity index (χ1) is 10.1. The van der Waals surface area contributed by atoms with Gasteiger partial charge in [-0.2, -0.15) is 0 Å². The summed E-state index contributed by atoms with van der Waals surface area (Å²) >= 11 is 6.03. The monoisotopic (exact) mass is 344 g/mol. The molecule has 122 valence electrons. The molecule has 22 heavy (non-hydrogen) atoms. The molecule has 0 bridgehead atoms. The van der Waals surface area contributed by atoms with E-state index in [1.54, 1.807) is 7.11 Å². The van der Waals surface area contributed by atoms with Gasteiger partial charge in [0.05, 0.1) is 6.04 Å². The van der Waals surface area contributed by atoms with Gasteiger partial charge in [-0.05, 0) is 62.0 Å². The van der Waals surface area contributed by atoms with Gasteiger partial charge in [-0.25, -0.2) is 0 Å². The minimum absolute atomic E-state index is 0. The fraction of sp³-hybridized carbons (Fsp3) is 0.562. The Bertz CT molecular complexity index is 545. The van der Waals surface area contributed by atoms with E-state index in [1.807, 2.05) is 18.2 Å². The highest BCUT2D eigenvalue weighted by Gasteiger charge is 2.41. The number of carbonyl (C=O) groups is 1. The van der Waals surface area contributed by atoms with Crippen molar-refractivity contribution >= 4 is 29.9 Å². The van der Waals surface area contributed by atoms with Gasteiger partial charge in [0, 0.05) is 12.1 Å². The number of piperidine rings is 1. The minimum Gasteiger partial charge on any atom is -0.368 e. The lowest BCUT2D eigenvalue weighted by molar-refractivity contribution is -0.147. The van der Waals surface area contributed by atoms with E-state index < -0.39 is 5.60 Å². The molecule has 2 aliphatic rings. The first kappa shape index (κ1) is 17.5. The molecule has 6 heteroatoms. The summed E-state index contributed by atoms with van der Waals surface area (Å²) < 4.78 is 5.58. The highest BCUT2D eigenvalue weighted by atomic mass is 35.5. The van der Waals surface area contributed by atoms with E-state index in [9.17, 15) is 4.79 Å². The highest BCUT2D eigenvalue weighted by molar-refractivity contribution is 6.30. The van der Waals surface area contributed by atoms with Crippen LogP contribution in [-0.2, 0) is 16.0 Å². The number of amides is 1. The normalized spacial score (nSPS) is 22.5. The van der Waals surface area contributed by atoms with Gasteiger partial charge in [0.2, 0.25) is 0 Å². The Labute approximate surface area is 142 Å². The zero-order valence-electron chi connectivity index (χ0n) is 12.7. The molecule has 0 saturated carbocycles. The summed E-state index contributed by atoms with van der Waals surface area (Å²) in [5, 5.41) is 7.21. The fourth-order valence-corrected chi connectivity index (χ4v) is 3.58. The summed E-state index contributed by atoms with van der Waals surface area (Å²) in [6.07, 6.45) is 3.33. The van der Waals surface area contributed by atoms with Crippen LogP contribution >= 0.6 is 24.0 Å².